The van der Waals surface area contributed by atoms with E-state index in [-0.39, 0.29) is 28.1 Å². The first kappa shape index (κ1) is 25.0. The van der Waals surface area contributed by atoms with Crippen LogP contribution in [0.2, 0.25) is 10.0 Å². The second-order valence-corrected chi connectivity index (χ2v) is 9.34. The van der Waals surface area contributed by atoms with Crippen LogP contribution in [0.4, 0.5) is 4.39 Å². The zero-order valence-electron chi connectivity index (χ0n) is 17.5. The Labute approximate surface area is 201 Å². The molecule has 0 saturated heterocycles. The summed E-state index contributed by atoms with van der Waals surface area (Å²) < 4.78 is 48.0. The first-order valence-electron chi connectivity index (χ1n) is 9.72. The first-order valence-corrected chi connectivity index (χ1v) is 11.9. The fourth-order valence-electron chi connectivity index (χ4n) is 2.91. The van der Waals surface area contributed by atoms with Gasteiger partial charge in [-0.1, -0.05) is 35.3 Å². The van der Waals surface area contributed by atoms with Gasteiger partial charge in [0.25, 0.3) is 5.91 Å². The molecule has 0 aliphatic carbocycles. The number of benzene rings is 3. The van der Waals surface area contributed by atoms with Crippen LogP contribution in [0.15, 0.2) is 71.6 Å². The van der Waals surface area contributed by atoms with Crippen molar-refractivity contribution in [3.05, 3.63) is 93.7 Å². The SMILES string of the molecule is COCCN(Cc1ccc(OS(=O)(=O)c2ccc(F)cc2)cc1)C(=O)c1ccc(Cl)c(Cl)c1. The molecule has 0 radical (unpaired) electrons. The van der Waals surface area contributed by atoms with Gasteiger partial charge in [0, 0.05) is 25.8 Å². The van der Waals surface area contributed by atoms with Crippen LogP contribution in [-0.4, -0.2) is 39.5 Å². The van der Waals surface area contributed by atoms with Crippen molar-refractivity contribution in [2.75, 3.05) is 20.3 Å². The average molecular weight is 512 g/mol. The molecular weight excluding hydrogens is 492 g/mol. The summed E-state index contributed by atoms with van der Waals surface area (Å²) in [6.45, 7) is 0.893. The molecule has 0 N–H and O–H groups in total. The highest BCUT2D eigenvalue weighted by Crippen LogP contribution is 2.24. The lowest BCUT2D eigenvalue weighted by Gasteiger charge is -2.23. The molecular formula is C23H20Cl2FNO5S. The van der Waals surface area contributed by atoms with Crippen molar-refractivity contribution in [2.45, 2.75) is 11.4 Å². The largest absolute Gasteiger partial charge is 0.383 e. The van der Waals surface area contributed by atoms with E-state index in [1.807, 2.05) is 0 Å². The number of carbonyl (C=O) groups excluding carboxylic acids is 1. The monoisotopic (exact) mass is 511 g/mol. The minimum atomic E-state index is -4.11. The molecule has 0 saturated carbocycles. The molecule has 33 heavy (non-hydrogen) atoms. The van der Waals surface area contributed by atoms with Crippen LogP contribution >= 0.6 is 23.2 Å². The van der Waals surface area contributed by atoms with E-state index in [0.29, 0.717) is 23.7 Å². The Balaban J connectivity index is 1.74. The van der Waals surface area contributed by atoms with E-state index in [4.69, 9.17) is 32.1 Å². The van der Waals surface area contributed by atoms with Gasteiger partial charge in [-0.25, -0.2) is 4.39 Å². The number of methoxy groups -OCH3 is 1. The van der Waals surface area contributed by atoms with Crippen LogP contribution in [0.25, 0.3) is 0 Å². The van der Waals surface area contributed by atoms with Gasteiger partial charge in [-0.3, -0.25) is 4.79 Å². The molecule has 0 bridgehead atoms. The summed E-state index contributed by atoms with van der Waals surface area (Å²) in [4.78, 5) is 14.4. The van der Waals surface area contributed by atoms with Crippen LogP contribution in [0.5, 0.6) is 5.75 Å². The van der Waals surface area contributed by atoms with E-state index in [1.54, 1.807) is 29.2 Å². The molecule has 0 atom stereocenters. The van der Waals surface area contributed by atoms with E-state index < -0.39 is 15.9 Å². The van der Waals surface area contributed by atoms with E-state index in [0.717, 1.165) is 29.8 Å². The minimum absolute atomic E-state index is 0.0855. The van der Waals surface area contributed by atoms with E-state index in [1.165, 1.54) is 25.3 Å². The van der Waals surface area contributed by atoms with Crippen LogP contribution in [-0.2, 0) is 21.4 Å². The summed E-state index contributed by atoms with van der Waals surface area (Å²) in [6.07, 6.45) is 0. The van der Waals surface area contributed by atoms with Crippen LogP contribution in [0, 0.1) is 5.82 Å². The second-order valence-electron chi connectivity index (χ2n) is 6.98. The zero-order valence-corrected chi connectivity index (χ0v) is 19.8. The van der Waals surface area contributed by atoms with Gasteiger partial charge in [0.15, 0.2) is 0 Å². The molecule has 0 fully saturated rings. The quantitative estimate of drug-likeness (QED) is 0.369. The fraction of sp³-hybridized carbons (Fsp3) is 0.174. The van der Waals surface area contributed by atoms with Gasteiger partial charge in [0.05, 0.1) is 16.7 Å². The number of carbonyl (C=O) groups is 1. The summed E-state index contributed by atoms with van der Waals surface area (Å²) in [7, 11) is -2.57. The van der Waals surface area contributed by atoms with Crippen molar-refractivity contribution in [1.82, 2.24) is 4.90 Å². The van der Waals surface area contributed by atoms with E-state index in [9.17, 15) is 17.6 Å². The van der Waals surface area contributed by atoms with Gasteiger partial charge in [-0.05, 0) is 60.2 Å². The Bertz CT molecular complexity index is 1220. The molecule has 1 amide bonds. The number of amides is 1. The van der Waals surface area contributed by atoms with Crippen molar-refractivity contribution < 1.29 is 26.5 Å². The van der Waals surface area contributed by atoms with Gasteiger partial charge in [-0.2, -0.15) is 8.42 Å². The predicted molar refractivity (Wildman–Crippen MR) is 124 cm³/mol. The number of hydrogen-bond acceptors (Lipinski definition) is 5. The topological polar surface area (TPSA) is 72.9 Å². The lowest BCUT2D eigenvalue weighted by Crippen LogP contribution is -2.33. The summed E-state index contributed by atoms with van der Waals surface area (Å²) in [5.74, 6) is -0.723. The number of ether oxygens (including phenoxy) is 1. The summed E-state index contributed by atoms with van der Waals surface area (Å²) in [6, 6.07) is 15.2. The third kappa shape index (κ3) is 6.68. The van der Waals surface area contributed by atoms with Gasteiger partial charge in [0.1, 0.15) is 16.5 Å². The summed E-state index contributed by atoms with van der Waals surface area (Å²) in [5, 5.41) is 0.626. The van der Waals surface area contributed by atoms with Crippen LogP contribution < -0.4 is 4.18 Å². The highest BCUT2D eigenvalue weighted by molar-refractivity contribution is 7.87. The van der Waals surface area contributed by atoms with E-state index >= 15 is 0 Å². The molecule has 0 spiro atoms. The molecule has 0 aliphatic heterocycles. The lowest BCUT2D eigenvalue weighted by atomic mass is 10.1. The Hall–Kier alpha value is -2.65. The molecule has 0 aliphatic rings. The molecule has 10 heteroatoms. The Morgan fingerprint density at radius 2 is 1.64 bits per heavy atom. The molecule has 0 aromatic heterocycles. The normalized spacial score (nSPS) is 11.3. The van der Waals surface area contributed by atoms with Crippen molar-refractivity contribution in [3.8, 4) is 5.75 Å². The Kier molecular flexibility index (Phi) is 8.31. The summed E-state index contributed by atoms with van der Waals surface area (Å²) >= 11 is 12.0. The molecule has 6 nitrogen and oxygen atoms in total. The molecule has 3 aromatic rings. The van der Waals surface area contributed by atoms with Gasteiger partial charge >= 0.3 is 10.1 Å². The highest BCUT2D eigenvalue weighted by atomic mass is 35.5. The number of halogens is 3. The van der Waals surface area contributed by atoms with Crippen molar-refractivity contribution >= 4 is 39.2 Å². The first-order chi connectivity index (χ1) is 15.7. The number of nitrogens with zero attached hydrogens (tertiary/aromatic N) is 1. The zero-order chi connectivity index (χ0) is 24.0. The Morgan fingerprint density at radius 3 is 2.24 bits per heavy atom. The van der Waals surface area contributed by atoms with Crippen molar-refractivity contribution in [1.29, 1.82) is 0 Å². The molecule has 3 aromatic carbocycles. The maximum absolute atomic E-state index is 13.0. The highest BCUT2D eigenvalue weighted by Gasteiger charge is 2.19. The Morgan fingerprint density at radius 1 is 0.970 bits per heavy atom. The number of rotatable bonds is 9. The standard InChI is InChI=1S/C23H20Cl2FNO5S/c1-31-13-12-27(23(28)17-4-11-21(24)22(25)14-17)15-16-2-7-19(8-3-16)32-33(29,30)20-9-5-18(26)6-10-20/h2-11,14H,12-13,15H2,1H3. The van der Waals surface area contributed by atoms with Gasteiger partial charge < -0.3 is 13.8 Å². The lowest BCUT2D eigenvalue weighted by molar-refractivity contribution is 0.0680. The van der Waals surface area contributed by atoms with Crippen molar-refractivity contribution in [2.24, 2.45) is 0 Å². The summed E-state index contributed by atoms with van der Waals surface area (Å²) in [5.41, 5.74) is 1.12. The number of hydrogen-bond donors (Lipinski definition) is 0. The molecule has 0 heterocycles. The third-order valence-electron chi connectivity index (χ3n) is 4.62. The van der Waals surface area contributed by atoms with Gasteiger partial charge in [0.2, 0.25) is 0 Å². The van der Waals surface area contributed by atoms with Gasteiger partial charge in [-0.15, -0.1) is 0 Å². The van der Waals surface area contributed by atoms with Crippen LogP contribution in [0.3, 0.4) is 0 Å². The molecule has 0 unspecified atom stereocenters. The minimum Gasteiger partial charge on any atom is -0.383 e. The third-order valence-corrected chi connectivity index (χ3v) is 6.62. The average Bonchev–Trinajstić information content (AvgIpc) is 2.79. The molecule has 3 rings (SSSR count). The fourth-order valence-corrected chi connectivity index (χ4v) is 4.14. The second kappa shape index (κ2) is 11.0. The van der Waals surface area contributed by atoms with Crippen LogP contribution in [0.1, 0.15) is 15.9 Å². The smallest absolute Gasteiger partial charge is 0.339 e. The maximum atomic E-state index is 13.0. The van der Waals surface area contributed by atoms with Crippen molar-refractivity contribution in [3.63, 3.8) is 0 Å². The maximum Gasteiger partial charge on any atom is 0.339 e. The predicted octanol–water partition coefficient (Wildman–Crippen LogP) is 5.19. The molecule has 174 valence electrons. The van der Waals surface area contributed by atoms with E-state index in [2.05, 4.69) is 0 Å².